The van der Waals surface area contributed by atoms with E-state index >= 15 is 0 Å². The van der Waals surface area contributed by atoms with Crippen molar-refractivity contribution in [3.8, 4) is 0 Å². The van der Waals surface area contributed by atoms with Crippen molar-refractivity contribution in [2.75, 3.05) is 19.7 Å². The molecule has 0 bridgehead atoms. The van der Waals surface area contributed by atoms with Crippen molar-refractivity contribution in [2.24, 2.45) is 5.41 Å². The summed E-state index contributed by atoms with van der Waals surface area (Å²) in [6.45, 7) is 9.52. The normalized spacial score (nSPS) is 23.8. The van der Waals surface area contributed by atoms with E-state index in [4.69, 9.17) is 9.84 Å². The molecule has 0 aromatic heterocycles. The van der Waals surface area contributed by atoms with E-state index in [0.717, 1.165) is 25.9 Å². The third kappa shape index (κ3) is 4.33. The second-order valence-corrected chi connectivity index (χ2v) is 7.82. The van der Waals surface area contributed by atoms with Gasteiger partial charge in [-0.2, -0.15) is 0 Å². The monoisotopic (exact) mass is 298 g/mol. The highest BCUT2D eigenvalue weighted by Crippen LogP contribution is 2.49. The molecule has 2 rings (SSSR count). The Morgan fingerprint density at radius 1 is 1.38 bits per heavy atom. The molecule has 2 aliphatic rings. The minimum Gasteiger partial charge on any atom is -0.444 e. The first kappa shape index (κ1) is 16.6. The number of hydrogen-bond acceptors (Lipinski definition) is 4. The third-order valence-corrected chi connectivity index (χ3v) is 4.63. The zero-order chi connectivity index (χ0) is 15.7. The number of aliphatic hydroxyl groups is 1. The predicted octanol–water partition coefficient (Wildman–Crippen LogP) is 2.14. The second kappa shape index (κ2) is 6.13. The first-order chi connectivity index (χ1) is 9.73. The van der Waals surface area contributed by atoms with E-state index in [1.165, 1.54) is 12.8 Å². The van der Waals surface area contributed by atoms with E-state index < -0.39 is 5.60 Å². The average Bonchev–Trinajstić information content (AvgIpc) is 2.35. The standard InChI is InChI=1S/C16H30N2O3/c1-12(11-19)17-13-9-16(10-13)5-7-18(8-6-16)14(20)21-15(2,3)4/h12-13,17,19H,5-11H2,1-4H3/t12-/m1/s1. The van der Waals surface area contributed by atoms with Gasteiger partial charge in [0.1, 0.15) is 5.60 Å². The largest absolute Gasteiger partial charge is 0.444 e. The lowest BCUT2D eigenvalue weighted by Gasteiger charge is -2.53. The highest BCUT2D eigenvalue weighted by molar-refractivity contribution is 5.68. The lowest BCUT2D eigenvalue weighted by Crippen LogP contribution is -2.56. The van der Waals surface area contributed by atoms with Crippen molar-refractivity contribution >= 4 is 6.09 Å². The molecular formula is C16H30N2O3. The Balaban J connectivity index is 1.74. The van der Waals surface area contributed by atoms with Crippen molar-refractivity contribution in [1.82, 2.24) is 10.2 Å². The third-order valence-electron chi connectivity index (χ3n) is 4.63. The summed E-state index contributed by atoms with van der Waals surface area (Å²) in [4.78, 5) is 13.9. The fraction of sp³-hybridized carbons (Fsp3) is 0.938. The molecule has 21 heavy (non-hydrogen) atoms. The van der Waals surface area contributed by atoms with Gasteiger partial charge in [-0.05, 0) is 58.8 Å². The lowest BCUT2D eigenvalue weighted by atomic mass is 9.60. The van der Waals surface area contributed by atoms with Crippen LogP contribution in [0.15, 0.2) is 0 Å². The van der Waals surface area contributed by atoms with E-state index in [2.05, 4.69) is 5.32 Å². The molecule has 1 spiro atoms. The Labute approximate surface area is 128 Å². The zero-order valence-corrected chi connectivity index (χ0v) is 13.8. The van der Waals surface area contributed by atoms with Crippen molar-refractivity contribution in [2.45, 2.75) is 71.1 Å². The Kier molecular flexibility index (Phi) is 4.83. The molecule has 5 nitrogen and oxygen atoms in total. The number of nitrogens with zero attached hydrogens (tertiary/aromatic N) is 1. The first-order valence-electron chi connectivity index (χ1n) is 8.08. The maximum atomic E-state index is 12.0. The molecule has 1 aliphatic heterocycles. The molecule has 1 aliphatic carbocycles. The van der Waals surface area contributed by atoms with Crippen LogP contribution in [0.5, 0.6) is 0 Å². The number of aliphatic hydroxyl groups excluding tert-OH is 1. The van der Waals surface area contributed by atoms with Crippen LogP contribution in [0.25, 0.3) is 0 Å². The average molecular weight is 298 g/mol. The molecule has 2 N–H and O–H groups in total. The van der Waals surface area contributed by atoms with Crippen LogP contribution >= 0.6 is 0 Å². The van der Waals surface area contributed by atoms with Crippen LogP contribution in [0, 0.1) is 5.41 Å². The zero-order valence-electron chi connectivity index (χ0n) is 13.8. The van der Waals surface area contributed by atoms with Crippen molar-refractivity contribution < 1.29 is 14.6 Å². The molecule has 0 radical (unpaired) electrons. The van der Waals surface area contributed by atoms with Crippen LogP contribution in [-0.4, -0.2) is 53.5 Å². The molecule has 0 aromatic carbocycles. The number of hydrogen-bond donors (Lipinski definition) is 2. The summed E-state index contributed by atoms with van der Waals surface area (Å²) in [5.41, 5.74) is -0.0104. The number of piperidine rings is 1. The molecule has 1 amide bonds. The molecule has 1 saturated heterocycles. The highest BCUT2D eigenvalue weighted by Gasteiger charge is 2.46. The lowest BCUT2D eigenvalue weighted by molar-refractivity contribution is -0.0186. The van der Waals surface area contributed by atoms with Gasteiger partial charge in [-0.1, -0.05) is 0 Å². The van der Waals surface area contributed by atoms with E-state index in [9.17, 15) is 4.79 Å². The molecule has 122 valence electrons. The molecule has 0 aromatic rings. The van der Waals surface area contributed by atoms with Crippen LogP contribution in [-0.2, 0) is 4.74 Å². The molecular weight excluding hydrogens is 268 g/mol. The smallest absolute Gasteiger partial charge is 0.410 e. The van der Waals surface area contributed by atoms with Crippen LogP contribution < -0.4 is 5.32 Å². The van der Waals surface area contributed by atoms with Gasteiger partial charge in [0.2, 0.25) is 0 Å². The number of likely N-dealkylation sites (tertiary alicyclic amines) is 1. The summed E-state index contributed by atoms with van der Waals surface area (Å²) in [5, 5.41) is 12.5. The van der Waals surface area contributed by atoms with E-state index in [0.29, 0.717) is 11.5 Å². The van der Waals surface area contributed by atoms with Gasteiger partial charge in [0.15, 0.2) is 0 Å². The summed E-state index contributed by atoms with van der Waals surface area (Å²) >= 11 is 0. The fourth-order valence-electron chi connectivity index (χ4n) is 3.46. The van der Waals surface area contributed by atoms with Gasteiger partial charge in [0.05, 0.1) is 6.61 Å². The van der Waals surface area contributed by atoms with Gasteiger partial charge < -0.3 is 20.1 Å². The van der Waals surface area contributed by atoms with Gasteiger partial charge in [-0.3, -0.25) is 0 Å². The summed E-state index contributed by atoms with van der Waals surface area (Å²) < 4.78 is 5.43. The number of rotatable bonds is 3. The predicted molar refractivity (Wildman–Crippen MR) is 82.2 cm³/mol. The number of carbonyl (C=O) groups is 1. The number of carbonyl (C=O) groups excluding carboxylic acids is 1. The van der Waals surface area contributed by atoms with E-state index in [1.54, 1.807) is 0 Å². The number of amides is 1. The summed E-state index contributed by atoms with van der Waals surface area (Å²) in [6.07, 6.45) is 4.29. The van der Waals surface area contributed by atoms with Gasteiger partial charge in [-0.25, -0.2) is 4.79 Å². The molecule has 2 fully saturated rings. The Hall–Kier alpha value is -0.810. The SMILES string of the molecule is C[C@H](CO)NC1CC2(CCN(C(=O)OC(C)(C)C)CC2)C1. The minimum absolute atomic E-state index is 0.175. The summed E-state index contributed by atoms with van der Waals surface area (Å²) in [7, 11) is 0. The molecule has 0 unspecified atom stereocenters. The molecule has 1 atom stereocenters. The topological polar surface area (TPSA) is 61.8 Å². The Bertz CT molecular complexity index is 362. The Morgan fingerprint density at radius 3 is 2.43 bits per heavy atom. The van der Waals surface area contributed by atoms with Gasteiger partial charge in [0, 0.05) is 25.2 Å². The summed E-state index contributed by atoms with van der Waals surface area (Å²) in [5.74, 6) is 0. The molecule has 1 saturated carbocycles. The highest BCUT2D eigenvalue weighted by atomic mass is 16.6. The maximum absolute atomic E-state index is 12.0. The van der Waals surface area contributed by atoms with Crippen molar-refractivity contribution in [3.63, 3.8) is 0 Å². The van der Waals surface area contributed by atoms with Crippen LogP contribution in [0.2, 0.25) is 0 Å². The number of ether oxygens (including phenoxy) is 1. The second-order valence-electron chi connectivity index (χ2n) is 7.82. The summed E-state index contributed by atoms with van der Waals surface area (Å²) in [6, 6.07) is 0.703. The van der Waals surface area contributed by atoms with Crippen molar-refractivity contribution in [1.29, 1.82) is 0 Å². The minimum atomic E-state index is -0.419. The fourth-order valence-corrected chi connectivity index (χ4v) is 3.46. The number of nitrogens with one attached hydrogen (secondary N) is 1. The van der Waals surface area contributed by atoms with Gasteiger partial charge >= 0.3 is 6.09 Å². The van der Waals surface area contributed by atoms with Gasteiger partial charge in [0.25, 0.3) is 0 Å². The van der Waals surface area contributed by atoms with E-state index in [-0.39, 0.29) is 18.7 Å². The van der Waals surface area contributed by atoms with Crippen LogP contribution in [0.3, 0.4) is 0 Å². The quantitative estimate of drug-likeness (QED) is 0.838. The van der Waals surface area contributed by atoms with Crippen LogP contribution in [0.1, 0.15) is 53.4 Å². The molecule has 1 heterocycles. The van der Waals surface area contributed by atoms with Crippen LogP contribution in [0.4, 0.5) is 4.79 Å². The van der Waals surface area contributed by atoms with Crippen molar-refractivity contribution in [3.05, 3.63) is 0 Å². The van der Waals surface area contributed by atoms with E-state index in [1.807, 2.05) is 32.6 Å². The maximum Gasteiger partial charge on any atom is 0.410 e. The Morgan fingerprint density at radius 2 is 1.95 bits per heavy atom. The van der Waals surface area contributed by atoms with Gasteiger partial charge in [-0.15, -0.1) is 0 Å². The first-order valence-corrected chi connectivity index (χ1v) is 8.08. The molecule has 5 heteroatoms.